The predicted molar refractivity (Wildman–Crippen MR) is 112 cm³/mol. The Labute approximate surface area is 174 Å². The molecule has 160 valence electrons. The van der Waals surface area contributed by atoms with Crippen LogP contribution >= 0.6 is 0 Å². The van der Waals surface area contributed by atoms with E-state index in [1.807, 2.05) is 0 Å². The number of hydrogen-bond donors (Lipinski definition) is 0. The zero-order valence-electron chi connectivity index (χ0n) is 17.3. The quantitative estimate of drug-likeness (QED) is 0.733. The van der Waals surface area contributed by atoms with Crippen molar-refractivity contribution in [2.45, 2.75) is 69.3 Å². The lowest BCUT2D eigenvalue weighted by atomic mass is 9.89. The number of fused-ring (bicyclic) bond motifs is 1. The van der Waals surface area contributed by atoms with Crippen LogP contribution in [0.1, 0.15) is 57.4 Å². The van der Waals surface area contributed by atoms with Crippen LogP contribution in [0.2, 0.25) is 0 Å². The maximum absolute atomic E-state index is 12.9. The lowest BCUT2D eigenvalue weighted by Gasteiger charge is -2.27. The summed E-state index contributed by atoms with van der Waals surface area (Å²) in [6.07, 6.45) is 8.28. The zero-order valence-corrected chi connectivity index (χ0v) is 18.1. The Kier molecular flexibility index (Phi) is 6.27. The molecule has 1 aromatic rings. The second-order valence-electron chi connectivity index (χ2n) is 8.76. The Morgan fingerprint density at radius 2 is 1.90 bits per heavy atom. The molecule has 4 rings (SSSR count). The van der Waals surface area contributed by atoms with E-state index in [0.29, 0.717) is 36.9 Å². The minimum absolute atomic E-state index is 0.0337. The number of ether oxygens (including phenoxy) is 1. The van der Waals surface area contributed by atoms with Crippen LogP contribution in [-0.2, 0) is 26.0 Å². The van der Waals surface area contributed by atoms with Gasteiger partial charge in [-0.05, 0) is 61.8 Å². The molecule has 0 radical (unpaired) electrons. The van der Waals surface area contributed by atoms with Crippen molar-refractivity contribution in [3.8, 4) is 0 Å². The van der Waals surface area contributed by atoms with Crippen LogP contribution in [-0.4, -0.2) is 51.0 Å². The molecular formula is C22H32N2O4S. The van der Waals surface area contributed by atoms with E-state index in [1.165, 1.54) is 12.8 Å². The van der Waals surface area contributed by atoms with Crippen molar-refractivity contribution in [2.24, 2.45) is 5.92 Å². The van der Waals surface area contributed by atoms with Crippen LogP contribution in [0.25, 0.3) is 0 Å². The highest BCUT2D eigenvalue weighted by molar-refractivity contribution is 7.89. The van der Waals surface area contributed by atoms with E-state index >= 15 is 0 Å². The number of benzene rings is 1. The van der Waals surface area contributed by atoms with Crippen molar-refractivity contribution < 1.29 is 17.9 Å². The van der Waals surface area contributed by atoms with E-state index in [-0.39, 0.29) is 18.6 Å². The summed E-state index contributed by atoms with van der Waals surface area (Å²) >= 11 is 0. The van der Waals surface area contributed by atoms with Crippen LogP contribution in [0.3, 0.4) is 0 Å². The van der Waals surface area contributed by atoms with E-state index in [0.717, 1.165) is 43.4 Å². The molecule has 1 aliphatic carbocycles. The van der Waals surface area contributed by atoms with E-state index in [2.05, 4.69) is 6.92 Å². The highest BCUT2D eigenvalue weighted by Gasteiger charge is 2.30. The Balaban J connectivity index is 1.42. The van der Waals surface area contributed by atoms with Crippen LogP contribution in [0.15, 0.2) is 23.1 Å². The first kappa shape index (κ1) is 20.8. The SMILES string of the molecule is CC1CCCC(OCC(=O)N2CCc3cc(S(=O)(=O)N4CCCCC4)ccc32)C1. The molecule has 2 atom stereocenters. The second-order valence-corrected chi connectivity index (χ2v) is 10.7. The second kappa shape index (κ2) is 8.74. The molecule has 2 unspecified atom stereocenters. The summed E-state index contributed by atoms with van der Waals surface area (Å²) in [5.74, 6) is 0.630. The molecule has 3 aliphatic rings. The molecule has 6 nitrogen and oxygen atoms in total. The van der Waals surface area contributed by atoms with Crippen molar-refractivity contribution in [3.63, 3.8) is 0 Å². The lowest BCUT2D eigenvalue weighted by Crippen LogP contribution is -2.35. The molecule has 2 heterocycles. The van der Waals surface area contributed by atoms with Crippen LogP contribution in [0.5, 0.6) is 0 Å². The largest absolute Gasteiger partial charge is 0.368 e. The average Bonchev–Trinajstić information content (AvgIpc) is 3.16. The Hall–Kier alpha value is -1.44. The highest BCUT2D eigenvalue weighted by Crippen LogP contribution is 2.32. The first-order chi connectivity index (χ1) is 13.9. The standard InChI is InChI=1S/C22H32N2O4S/c1-17-6-5-7-19(14-17)28-16-22(25)24-13-10-18-15-20(8-9-21(18)24)29(26,27)23-11-3-2-4-12-23/h8-9,15,17,19H,2-7,10-14,16H2,1H3. The smallest absolute Gasteiger partial charge is 0.253 e. The van der Waals surface area contributed by atoms with Crippen molar-refractivity contribution in [2.75, 3.05) is 31.1 Å². The summed E-state index contributed by atoms with van der Waals surface area (Å²) in [4.78, 5) is 14.8. The zero-order chi connectivity index (χ0) is 20.4. The molecule has 2 fully saturated rings. The van der Waals surface area contributed by atoms with Gasteiger partial charge in [0.05, 0.1) is 11.0 Å². The normalized spacial score (nSPS) is 25.8. The predicted octanol–water partition coefficient (Wildman–Crippen LogP) is 3.35. The number of hydrogen-bond acceptors (Lipinski definition) is 4. The summed E-state index contributed by atoms with van der Waals surface area (Å²) in [7, 11) is -3.45. The van der Waals surface area contributed by atoms with Gasteiger partial charge in [-0.1, -0.05) is 26.2 Å². The van der Waals surface area contributed by atoms with Gasteiger partial charge < -0.3 is 9.64 Å². The maximum Gasteiger partial charge on any atom is 0.253 e. The van der Waals surface area contributed by atoms with Gasteiger partial charge in [0.15, 0.2) is 0 Å². The fourth-order valence-corrected chi connectivity index (χ4v) is 6.42. The van der Waals surface area contributed by atoms with Gasteiger partial charge in [-0.15, -0.1) is 0 Å². The van der Waals surface area contributed by atoms with Gasteiger partial charge in [0.1, 0.15) is 6.61 Å². The summed E-state index contributed by atoms with van der Waals surface area (Å²) in [5, 5.41) is 0. The number of piperidine rings is 1. The molecule has 2 aliphatic heterocycles. The third-order valence-corrected chi connectivity index (χ3v) is 8.43. The molecule has 1 aromatic carbocycles. The molecule has 7 heteroatoms. The number of amides is 1. The van der Waals surface area contributed by atoms with E-state index in [1.54, 1.807) is 27.4 Å². The summed E-state index contributed by atoms with van der Waals surface area (Å²) in [5.41, 5.74) is 1.76. The Bertz CT molecular complexity index is 848. The molecule has 0 spiro atoms. The first-order valence-electron chi connectivity index (χ1n) is 11.0. The number of carbonyl (C=O) groups excluding carboxylic acids is 1. The molecule has 1 amide bonds. The van der Waals surface area contributed by atoms with Crippen LogP contribution in [0, 0.1) is 5.92 Å². The van der Waals surface area contributed by atoms with Gasteiger partial charge in [-0.25, -0.2) is 8.42 Å². The lowest BCUT2D eigenvalue weighted by molar-refractivity contribution is -0.126. The fourth-order valence-electron chi connectivity index (χ4n) is 4.85. The Morgan fingerprint density at radius 3 is 2.66 bits per heavy atom. The number of rotatable bonds is 5. The number of nitrogens with zero attached hydrogens (tertiary/aromatic N) is 2. The molecule has 1 saturated heterocycles. The minimum atomic E-state index is -3.45. The van der Waals surface area contributed by atoms with Crippen molar-refractivity contribution in [1.82, 2.24) is 4.31 Å². The van der Waals surface area contributed by atoms with Crippen molar-refractivity contribution in [1.29, 1.82) is 0 Å². The van der Waals surface area contributed by atoms with Gasteiger partial charge in [0.2, 0.25) is 10.0 Å². The van der Waals surface area contributed by atoms with Crippen LogP contribution < -0.4 is 4.90 Å². The number of anilines is 1. The molecular weight excluding hydrogens is 388 g/mol. The van der Waals surface area contributed by atoms with Gasteiger partial charge in [-0.2, -0.15) is 4.31 Å². The summed E-state index contributed by atoms with van der Waals surface area (Å²) in [6.45, 7) is 4.13. The third-order valence-electron chi connectivity index (χ3n) is 6.53. The fraction of sp³-hybridized carbons (Fsp3) is 0.682. The minimum Gasteiger partial charge on any atom is -0.368 e. The van der Waals surface area contributed by atoms with E-state index in [9.17, 15) is 13.2 Å². The topological polar surface area (TPSA) is 66.9 Å². The molecule has 0 aromatic heterocycles. The van der Waals surface area contributed by atoms with E-state index in [4.69, 9.17) is 4.74 Å². The summed E-state index contributed by atoms with van der Waals surface area (Å²) < 4.78 is 33.4. The summed E-state index contributed by atoms with van der Waals surface area (Å²) in [6, 6.07) is 5.20. The monoisotopic (exact) mass is 420 g/mol. The van der Waals surface area contributed by atoms with Gasteiger partial charge >= 0.3 is 0 Å². The van der Waals surface area contributed by atoms with Gasteiger partial charge in [-0.3, -0.25) is 4.79 Å². The molecule has 1 saturated carbocycles. The van der Waals surface area contributed by atoms with Crippen molar-refractivity contribution >= 4 is 21.6 Å². The molecule has 0 N–H and O–H groups in total. The molecule has 29 heavy (non-hydrogen) atoms. The number of sulfonamides is 1. The van der Waals surface area contributed by atoms with Crippen LogP contribution in [0.4, 0.5) is 5.69 Å². The van der Waals surface area contributed by atoms with Gasteiger partial charge in [0, 0.05) is 25.3 Å². The maximum atomic E-state index is 12.9. The third kappa shape index (κ3) is 4.52. The van der Waals surface area contributed by atoms with E-state index < -0.39 is 10.0 Å². The first-order valence-corrected chi connectivity index (χ1v) is 12.4. The number of carbonyl (C=O) groups is 1. The average molecular weight is 421 g/mol. The molecule has 0 bridgehead atoms. The Morgan fingerprint density at radius 1 is 1.10 bits per heavy atom. The van der Waals surface area contributed by atoms with Crippen molar-refractivity contribution in [3.05, 3.63) is 23.8 Å². The van der Waals surface area contributed by atoms with Gasteiger partial charge in [0.25, 0.3) is 5.91 Å². The highest BCUT2D eigenvalue weighted by atomic mass is 32.2.